The van der Waals surface area contributed by atoms with Gasteiger partial charge in [0.05, 0.1) is 12.7 Å². The molecule has 0 unspecified atom stereocenters. The van der Waals surface area contributed by atoms with Gasteiger partial charge in [-0.3, -0.25) is 0 Å². The van der Waals surface area contributed by atoms with Crippen LogP contribution < -0.4 is 0 Å². The van der Waals surface area contributed by atoms with Crippen molar-refractivity contribution in [1.82, 2.24) is 0 Å². The normalized spacial score (nSPS) is 12.4. The van der Waals surface area contributed by atoms with Crippen molar-refractivity contribution < 1.29 is 22.7 Å². The van der Waals surface area contributed by atoms with Crippen LogP contribution in [0.4, 0.5) is 13.2 Å². The summed E-state index contributed by atoms with van der Waals surface area (Å²) >= 11 is 0. The quantitative estimate of drug-likeness (QED) is 0.589. The maximum absolute atomic E-state index is 12.3. The molecule has 0 spiro atoms. The van der Waals surface area contributed by atoms with E-state index in [9.17, 15) is 18.0 Å². The van der Waals surface area contributed by atoms with Crippen molar-refractivity contribution in [3.63, 3.8) is 0 Å². The highest BCUT2D eigenvalue weighted by Crippen LogP contribution is 2.29. The molecule has 0 radical (unpaired) electrons. The van der Waals surface area contributed by atoms with Crippen LogP contribution >= 0.6 is 0 Å². The maximum atomic E-state index is 12.3. The first-order valence-electron chi connectivity index (χ1n) is 4.78. The fourth-order valence-corrected chi connectivity index (χ4v) is 1.24. The highest BCUT2D eigenvalue weighted by Gasteiger charge is 2.29. The van der Waals surface area contributed by atoms with Gasteiger partial charge in [-0.2, -0.15) is 13.2 Å². The van der Waals surface area contributed by atoms with Crippen molar-refractivity contribution in [1.29, 1.82) is 0 Å². The average Bonchev–Trinajstić information content (AvgIpc) is 2.27. The molecule has 0 heterocycles. The van der Waals surface area contributed by atoms with Gasteiger partial charge in [-0.05, 0) is 30.7 Å². The number of ether oxygens (including phenoxy) is 1. The molecule has 0 aliphatic carbocycles. The molecule has 0 N–H and O–H groups in total. The molecule has 0 aromatic heterocycles. The minimum absolute atomic E-state index is 0.326. The highest BCUT2D eigenvalue weighted by atomic mass is 19.4. The molecule has 0 amide bonds. The van der Waals surface area contributed by atoms with Gasteiger partial charge < -0.3 is 4.74 Å². The second kappa shape index (κ2) is 5.03. The van der Waals surface area contributed by atoms with E-state index in [4.69, 9.17) is 0 Å². The van der Waals surface area contributed by atoms with E-state index in [-0.39, 0.29) is 0 Å². The van der Waals surface area contributed by atoms with Crippen LogP contribution in [0.3, 0.4) is 0 Å². The first-order valence-corrected chi connectivity index (χ1v) is 4.78. The van der Waals surface area contributed by atoms with Crippen LogP contribution in [0.2, 0.25) is 0 Å². The zero-order chi connectivity index (χ0) is 13.1. The fourth-order valence-electron chi connectivity index (χ4n) is 1.24. The molecule has 0 saturated carbocycles. The Kier molecular flexibility index (Phi) is 3.93. The standard InChI is InChI=1S/C12H11F3O2/c1-8(11(16)17-2)7-9-3-5-10(6-4-9)12(13,14)15/h3-7H,1-2H3. The molecule has 0 bridgehead atoms. The van der Waals surface area contributed by atoms with E-state index in [0.717, 1.165) is 12.1 Å². The summed E-state index contributed by atoms with van der Waals surface area (Å²) in [4.78, 5) is 11.1. The smallest absolute Gasteiger partial charge is 0.416 e. The summed E-state index contributed by atoms with van der Waals surface area (Å²) < 4.78 is 41.3. The maximum Gasteiger partial charge on any atom is 0.416 e. The van der Waals surface area contributed by atoms with Crippen molar-refractivity contribution in [3.8, 4) is 0 Å². The lowest BCUT2D eigenvalue weighted by Gasteiger charge is -2.06. The van der Waals surface area contributed by atoms with Gasteiger partial charge in [0, 0.05) is 5.57 Å². The van der Waals surface area contributed by atoms with Gasteiger partial charge in [-0.1, -0.05) is 12.1 Å². The zero-order valence-corrected chi connectivity index (χ0v) is 9.34. The van der Waals surface area contributed by atoms with E-state index in [0.29, 0.717) is 11.1 Å². The van der Waals surface area contributed by atoms with Crippen LogP contribution in [0.15, 0.2) is 29.8 Å². The summed E-state index contributed by atoms with van der Waals surface area (Å²) in [5, 5.41) is 0. The third-order valence-electron chi connectivity index (χ3n) is 2.13. The number of halogens is 3. The summed E-state index contributed by atoms with van der Waals surface area (Å²) in [6.45, 7) is 1.53. The number of methoxy groups -OCH3 is 1. The minimum atomic E-state index is -4.35. The molecule has 2 nitrogen and oxygen atoms in total. The fraction of sp³-hybridized carbons (Fsp3) is 0.250. The Hall–Kier alpha value is -1.78. The number of hydrogen-bond donors (Lipinski definition) is 0. The Morgan fingerprint density at radius 2 is 1.76 bits per heavy atom. The Morgan fingerprint density at radius 3 is 2.18 bits per heavy atom. The Balaban J connectivity index is 2.93. The molecule has 0 aliphatic heterocycles. The van der Waals surface area contributed by atoms with Crippen molar-refractivity contribution in [2.45, 2.75) is 13.1 Å². The third-order valence-corrected chi connectivity index (χ3v) is 2.13. The van der Waals surface area contributed by atoms with Crippen LogP contribution in [-0.4, -0.2) is 13.1 Å². The van der Waals surface area contributed by atoms with Gasteiger partial charge in [0.1, 0.15) is 0 Å². The third kappa shape index (κ3) is 3.62. The van der Waals surface area contributed by atoms with E-state index in [1.165, 1.54) is 32.2 Å². The van der Waals surface area contributed by atoms with Crippen molar-refractivity contribution in [2.24, 2.45) is 0 Å². The average molecular weight is 244 g/mol. The summed E-state index contributed by atoms with van der Waals surface area (Å²) in [5.74, 6) is -0.509. The molecule has 0 atom stereocenters. The van der Waals surface area contributed by atoms with Gasteiger partial charge in [0.25, 0.3) is 0 Å². The van der Waals surface area contributed by atoms with Crippen LogP contribution in [0.1, 0.15) is 18.1 Å². The molecule has 1 rings (SSSR count). The minimum Gasteiger partial charge on any atom is -0.466 e. The van der Waals surface area contributed by atoms with Crippen molar-refractivity contribution >= 4 is 12.0 Å². The Morgan fingerprint density at radius 1 is 1.24 bits per heavy atom. The number of carbonyl (C=O) groups is 1. The second-order valence-corrected chi connectivity index (χ2v) is 3.44. The number of benzene rings is 1. The first-order chi connectivity index (χ1) is 7.84. The van der Waals surface area contributed by atoms with Crippen LogP contribution in [0.5, 0.6) is 0 Å². The van der Waals surface area contributed by atoms with E-state index in [1.807, 2.05) is 0 Å². The summed E-state index contributed by atoms with van der Waals surface area (Å²) in [5.41, 5.74) is 0.124. The van der Waals surface area contributed by atoms with E-state index in [1.54, 1.807) is 0 Å². The van der Waals surface area contributed by atoms with Crippen LogP contribution in [0.25, 0.3) is 6.08 Å². The molecule has 0 aliphatic rings. The summed E-state index contributed by atoms with van der Waals surface area (Å²) in [6, 6.07) is 4.54. The number of hydrogen-bond acceptors (Lipinski definition) is 2. The lowest BCUT2D eigenvalue weighted by atomic mass is 10.1. The largest absolute Gasteiger partial charge is 0.466 e. The molecule has 0 fully saturated rings. The number of carbonyl (C=O) groups excluding carboxylic acids is 1. The van der Waals surface area contributed by atoms with Crippen LogP contribution in [0, 0.1) is 0 Å². The lowest BCUT2D eigenvalue weighted by molar-refractivity contribution is -0.138. The van der Waals surface area contributed by atoms with Crippen molar-refractivity contribution in [2.75, 3.05) is 7.11 Å². The zero-order valence-electron chi connectivity index (χ0n) is 9.34. The Labute approximate surface area is 96.7 Å². The van der Waals surface area contributed by atoms with Crippen LogP contribution in [-0.2, 0) is 15.7 Å². The molecule has 1 aromatic rings. The number of rotatable bonds is 2. The van der Waals surface area contributed by atoms with E-state index in [2.05, 4.69) is 4.74 Å². The van der Waals surface area contributed by atoms with E-state index < -0.39 is 17.7 Å². The molecular formula is C12H11F3O2. The molecule has 1 aromatic carbocycles. The molecule has 17 heavy (non-hydrogen) atoms. The van der Waals surface area contributed by atoms with Gasteiger partial charge >= 0.3 is 12.1 Å². The number of esters is 1. The molecule has 0 saturated heterocycles. The Bertz CT molecular complexity index is 430. The molecular weight excluding hydrogens is 233 g/mol. The van der Waals surface area contributed by atoms with E-state index >= 15 is 0 Å². The van der Waals surface area contributed by atoms with Crippen molar-refractivity contribution in [3.05, 3.63) is 41.0 Å². The summed E-state index contributed by atoms with van der Waals surface area (Å²) in [7, 11) is 1.24. The van der Waals surface area contributed by atoms with Gasteiger partial charge in [-0.25, -0.2) is 4.79 Å². The highest BCUT2D eigenvalue weighted by molar-refractivity contribution is 5.92. The monoisotopic (exact) mass is 244 g/mol. The SMILES string of the molecule is COC(=O)C(C)=Cc1ccc(C(F)(F)F)cc1. The second-order valence-electron chi connectivity index (χ2n) is 3.44. The first kappa shape index (κ1) is 13.3. The number of alkyl halides is 3. The molecule has 5 heteroatoms. The predicted octanol–water partition coefficient (Wildman–Crippen LogP) is 3.28. The predicted molar refractivity (Wildman–Crippen MR) is 57.1 cm³/mol. The lowest BCUT2D eigenvalue weighted by Crippen LogP contribution is -2.04. The molecule has 92 valence electrons. The van der Waals surface area contributed by atoms with Gasteiger partial charge in [-0.15, -0.1) is 0 Å². The summed E-state index contributed by atoms with van der Waals surface area (Å²) in [6.07, 6.45) is -2.88. The van der Waals surface area contributed by atoms with Gasteiger partial charge in [0.15, 0.2) is 0 Å². The topological polar surface area (TPSA) is 26.3 Å². The van der Waals surface area contributed by atoms with Gasteiger partial charge in [0.2, 0.25) is 0 Å².